The van der Waals surface area contributed by atoms with Crippen LogP contribution in [-0.4, -0.2) is 35.0 Å². The van der Waals surface area contributed by atoms with Crippen LogP contribution >= 0.6 is 0 Å². The number of aromatic nitrogens is 1. The second kappa shape index (κ2) is 7.44. The Kier molecular flexibility index (Phi) is 4.85. The van der Waals surface area contributed by atoms with Crippen LogP contribution in [0.1, 0.15) is 37.6 Å². The lowest BCUT2D eigenvalue weighted by Crippen LogP contribution is -2.40. The minimum atomic E-state index is -0.669. The molecule has 0 radical (unpaired) electrons. The van der Waals surface area contributed by atoms with E-state index in [4.69, 9.17) is 8.83 Å². The first-order chi connectivity index (χ1) is 13.1. The largest absolute Gasteiger partial charge is 0.468 e. The van der Waals surface area contributed by atoms with Crippen molar-refractivity contribution < 1.29 is 13.6 Å². The highest BCUT2D eigenvalue weighted by atomic mass is 16.4. The Labute approximate surface area is 156 Å². The molecule has 1 saturated heterocycles. The highest BCUT2D eigenvalue weighted by Gasteiger charge is 2.27. The molecule has 7 nitrogen and oxygen atoms in total. The van der Waals surface area contributed by atoms with Gasteiger partial charge in [0.1, 0.15) is 11.8 Å². The van der Waals surface area contributed by atoms with Crippen LogP contribution in [0.2, 0.25) is 0 Å². The third-order valence-corrected chi connectivity index (χ3v) is 5.21. The van der Waals surface area contributed by atoms with E-state index in [2.05, 4.69) is 10.2 Å². The number of carbonyl (C=O) groups excluding carboxylic acids is 1. The van der Waals surface area contributed by atoms with Crippen LogP contribution in [0.3, 0.4) is 0 Å². The zero-order chi connectivity index (χ0) is 18.8. The van der Waals surface area contributed by atoms with E-state index >= 15 is 0 Å². The molecule has 1 N–H and O–H groups in total. The number of fused-ring (bicyclic) bond motifs is 1. The molecule has 1 aliphatic rings. The molecule has 1 aromatic carbocycles. The summed E-state index contributed by atoms with van der Waals surface area (Å²) >= 11 is 0. The zero-order valence-electron chi connectivity index (χ0n) is 15.3. The van der Waals surface area contributed by atoms with Gasteiger partial charge in [0.15, 0.2) is 5.58 Å². The molecule has 1 fully saturated rings. The van der Waals surface area contributed by atoms with Gasteiger partial charge in [-0.25, -0.2) is 4.79 Å². The van der Waals surface area contributed by atoms with Crippen molar-refractivity contribution >= 4 is 17.0 Å². The van der Waals surface area contributed by atoms with Gasteiger partial charge in [0.25, 0.3) is 0 Å². The molecule has 0 bridgehead atoms. The molecule has 27 heavy (non-hydrogen) atoms. The number of hydrogen-bond acceptors (Lipinski definition) is 5. The number of carbonyl (C=O) groups is 1. The number of para-hydroxylation sites is 2. The van der Waals surface area contributed by atoms with Crippen molar-refractivity contribution in [2.75, 3.05) is 19.6 Å². The molecule has 0 spiro atoms. The molecular weight excluding hydrogens is 346 g/mol. The predicted octanol–water partition coefficient (Wildman–Crippen LogP) is 2.70. The van der Waals surface area contributed by atoms with Crippen molar-refractivity contribution in [3.05, 3.63) is 59.0 Å². The zero-order valence-corrected chi connectivity index (χ0v) is 15.3. The lowest BCUT2D eigenvalue weighted by Gasteiger charge is -2.26. The monoisotopic (exact) mass is 369 g/mol. The van der Waals surface area contributed by atoms with Crippen LogP contribution in [0.5, 0.6) is 0 Å². The molecule has 1 aliphatic heterocycles. The number of hydrogen-bond donors (Lipinski definition) is 1. The number of amides is 1. The van der Waals surface area contributed by atoms with E-state index in [9.17, 15) is 9.59 Å². The lowest BCUT2D eigenvalue weighted by atomic mass is 10.2. The Morgan fingerprint density at radius 3 is 2.70 bits per heavy atom. The number of likely N-dealkylation sites (tertiary alicyclic amines) is 1. The summed E-state index contributed by atoms with van der Waals surface area (Å²) in [5.41, 5.74) is 1.10. The predicted molar refractivity (Wildman–Crippen MR) is 100 cm³/mol. The number of oxazole rings is 1. The van der Waals surface area contributed by atoms with Crippen LogP contribution in [0.25, 0.3) is 11.1 Å². The highest BCUT2D eigenvalue weighted by Crippen LogP contribution is 2.25. The fourth-order valence-electron chi connectivity index (χ4n) is 3.76. The van der Waals surface area contributed by atoms with Gasteiger partial charge >= 0.3 is 5.76 Å². The number of rotatable bonds is 6. The summed E-state index contributed by atoms with van der Waals surface area (Å²) < 4.78 is 12.2. The Bertz CT molecular complexity index is 967. The van der Waals surface area contributed by atoms with E-state index < -0.39 is 11.8 Å². The van der Waals surface area contributed by atoms with Crippen molar-refractivity contribution in [3.8, 4) is 0 Å². The standard InChI is InChI=1S/C20H23N3O4/c1-14(23-15-7-2-3-8-18(15)27-20(23)25)19(24)21-13-16(17-9-6-12-26-17)22-10-4-5-11-22/h2-3,6-9,12,14,16H,4-5,10-11,13H2,1H3,(H,21,24). The normalized spacial score (nSPS) is 17.2. The lowest BCUT2D eigenvalue weighted by molar-refractivity contribution is -0.124. The molecule has 7 heteroatoms. The SMILES string of the molecule is CC(C(=O)NCC(c1ccco1)N1CCCC1)n1c(=O)oc2ccccc21. The van der Waals surface area contributed by atoms with Gasteiger partial charge in [-0.3, -0.25) is 14.3 Å². The minimum absolute atomic E-state index is 0.00327. The summed E-state index contributed by atoms with van der Waals surface area (Å²) in [6, 6.07) is 10.2. The van der Waals surface area contributed by atoms with E-state index in [1.165, 1.54) is 4.57 Å². The second-order valence-electron chi connectivity index (χ2n) is 6.90. The Balaban J connectivity index is 1.50. The number of benzene rings is 1. The van der Waals surface area contributed by atoms with Crippen molar-refractivity contribution in [2.24, 2.45) is 0 Å². The summed E-state index contributed by atoms with van der Waals surface area (Å²) in [6.45, 7) is 4.11. The molecular formula is C20H23N3O4. The number of nitrogens with one attached hydrogen (secondary N) is 1. The first kappa shape index (κ1) is 17.6. The number of nitrogens with zero attached hydrogens (tertiary/aromatic N) is 2. The van der Waals surface area contributed by atoms with Crippen molar-refractivity contribution in [1.29, 1.82) is 0 Å². The molecule has 2 aromatic heterocycles. The Hall–Kier alpha value is -2.80. The van der Waals surface area contributed by atoms with Crippen LogP contribution in [0.15, 0.2) is 56.3 Å². The maximum Gasteiger partial charge on any atom is 0.420 e. The van der Waals surface area contributed by atoms with Gasteiger partial charge in [-0.15, -0.1) is 0 Å². The van der Waals surface area contributed by atoms with E-state index in [1.54, 1.807) is 31.4 Å². The van der Waals surface area contributed by atoms with Crippen molar-refractivity contribution in [1.82, 2.24) is 14.8 Å². The van der Waals surface area contributed by atoms with E-state index in [1.807, 2.05) is 18.2 Å². The molecule has 3 heterocycles. The number of furan rings is 1. The van der Waals surface area contributed by atoms with Crippen molar-refractivity contribution in [2.45, 2.75) is 31.8 Å². The van der Waals surface area contributed by atoms with E-state index in [0.29, 0.717) is 17.6 Å². The van der Waals surface area contributed by atoms with Crippen molar-refractivity contribution in [3.63, 3.8) is 0 Å². The minimum Gasteiger partial charge on any atom is -0.468 e. The Morgan fingerprint density at radius 1 is 1.19 bits per heavy atom. The fraction of sp³-hybridized carbons (Fsp3) is 0.400. The van der Waals surface area contributed by atoms with Gasteiger partial charge in [0.2, 0.25) is 5.91 Å². The smallest absolute Gasteiger partial charge is 0.420 e. The summed E-state index contributed by atoms with van der Waals surface area (Å²) in [6.07, 6.45) is 3.95. The Morgan fingerprint density at radius 2 is 1.96 bits per heavy atom. The maximum atomic E-state index is 12.8. The average Bonchev–Trinajstić information content (AvgIpc) is 3.42. The van der Waals surface area contributed by atoms with E-state index in [-0.39, 0.29) is 11.9 Å². The van der Waals surface area contributed by atoms with Crippen LogP contribution in [0, 0.1) is 0 Å². The summed E-state index contributed by atoms with van der Waals surface area (Å²) in [7, 11) is 0. The second-order valence-corrected chi connectivity index (χ2v) is 6.90. The molecule has 4 rings (SSSR count). The third-order valence-electron chi connectivity index (χ3n) is 5.21. The molecule has 0 aliphatic carbocycles. The third kappa shape index (κ3) is 3.42. The first-order valence-electron chi connectivity index (χ1n) is 9.30. The summed E-state index contributed by atoms with van der Waals surface area (Å²) in [5, 5.41) is 2.99. The van der Waals surface area contributed by atoms with Crippen LogP contribution in [0.4, 0.5) is 0 Å². The van der Waals surface area contributed by atoms with Gasteiger partial charge in [-0.05, 0) is 57.1 Å². The van der Waals surface area contributed by atoms with Gasteiger partial charge in [-0.1, -0.05) is 12.1 Å². The molecule has 3 aromatic rings. The van der Waals surface area contributed by atoms with Gasteiger partial charge < -0.3 is 14.2 Å². The van der Waals surface area contributed by atoms with Crippen LogP contribution in [-0.2, 0) is 4.79 Å². The molecule has 2 atom stereocenters. The molecule has 2 unspecified atom stereocenters. The topological polar surface area (TPSA) is 80.6 Å². The van der Waals surface area contributed by atoms with Gasteiger partial charge in [0.05, 0.1) is 17.8 Å². The highest BCUT2D eigenvalue weighted by molar-refractivity contribution is 5.82. The van der Waals surface area contributed by atoms with Gasteiger partial charge in [0, 0.05) is 6.54 Å². The maximum absolute atomic E-state index is 12.8. The molecule has 0 saturated carbocycles. The van der Waals surface area contributed by atoms with E-state index in [0.717, 1.165) is 31.7 Å². The summed E-state index contributed by atoms with van der Waals surface area (Å²) in [5.74, 6) is 0.0937. The van der Waals surface area contributed by atoms with Gasteiger partial charge in [-0.2, -0.15) is 0 Å². The average molecular weight is 369 g/mol. The quantitative estimate of drug-likeness (QED) is 0.723. The molecule has 1 amide bonds. The summed E-state index contributed by atoms with van der Waals surface area (Å²) in [4.78, 5) is 27.3. The molecule has 142 valence electrons. The fourth-order valence-corrected chi connectivity index (χ4v) is 3.76. The van der Waals surface area contributed by atoms with Crippen LogP contribution < -0.4 is 11.1 Å². The first-order valence-corrected chi connectivity index (χ1v) is 9.30.